The highest BCUT2D eigenvalue weighted by molar-refractivity contribution is 6.25. The Bertz CT molecular complexity index is 1400. The van der Waals surface area contributed by atoms with Crippen molar-refractivity contribution in [1.29, 1.82) is 0 Å². The van der Waals surface area contributed by atoms with E-state index in [0.29, 0.717) is 24.0 Å². The van der Waals surface area contributed by atoms with E-state index in [2.05, 4.69) is 0 Å². The van der Waals surface area contributed by atoms with Gasteiger partial charge in [-0.25, -0.2) is 0 Å². The van der Waals surface area contributed by atoms with Crippen LogP contribution in [0.25, 0.3) is 0 Å². The number of allylic oxidation sites excluding steroid dienone is 2. The van der Waals surface area contributed by atoms with E-state index in [0.717, 1.165) is 12.5 Å². The zero-order chi connectivity index (χ0) is 31.0. The number of rotatable bonds is 7. The fourth-order valence-electron chi connectivity index (χ4n) is 8.07. The SMILES string of the molecule is CC(=O)C1=C(O)C(C(C)C)[C@@]2(C)C[C@@]3(C)Cc4c(C(C)C)cc(CCC(C)CF)c(O)c4C(=O)C3=C(O)[C@@]2(O)C1=O. The lowest BCUT2D eigenvalue weighted by atomic mass is 9.44. The average Bonchev–Trinajstić information content (AvgIpc) is 2.84. The van der Waals surface area contributed by atoms with Crippen molar-refractivity contribution >= 4 is 17.3 Å². The van der Waals surface area contributed by atoms with E-state index in [1.165, 1.54) is 0 Å². The van der Waals surface area contributed by atoms with Crippen LogP contribution in [-0.4, -0.2) is 50.1 Å². The molecule has 5 atom stereocenters. The quantitative estimate of drug-likeness (QED) is 0.295. The third kappa shape index (κ3) is 4.19. The molecule has 0 saturated heterocycles. The Hall–Kier alpha value is -3.00. The van der Waals surface area contributed by atoms with Gasteiger partial charge in [0.15, 0.2) is 17.2 Å². The second kappa shape index (κ2) is 10.1. The molecular weight excluding hydrogens is 527 g/mol. The summed E-state index contributed by atoms with van der Waals surface area (Å²) in [6.45, 7) is 13.4. The van der Waals surface area contributed by atoms with Crippen molar-refractivity contribution in [2.75, 3.05) is 6.67 Å². The standard InChI is InChI=1S/C33H43FO7/c1-15(2)20-11-19(10-9-17(5)13-34)26(36)23-21(20)12-31(7)14-32(8)24(16(3)4)27(37)22(18(6)35)29(39)33(32,41)30(40)25(31)28(23)38/h11,15-17,24,36-37,40-41H,9-10,12-14H2,1-8H3/t17?,24?,31-,32-,33+/m1/s1. The van der Waals surface area contributed by atoms with E-state index in [9.17, 15) is 39.2 Å². The highest BCUT2D eigenvalue weighted by Gasteiger charge is 2.71. The summed E-state index contributed by atoms with van der Waals surface area (Å²) in [5.41, 5.74) is -3.85. The van der Waals surface area contributed by atoms with E-state index in [4.69, 9.17) is 0 Å². The van der Waals surface area contributed by atoms with Crippen LogP contribution in [0.1, 0.15) is 101 Å². The molecule has 0 amide bonds. The predicted octanol–water partition coefficient (Wildman–Crippen LogP) is 6.01. The number of aliphatic hydroxyl groups is 3. The first-order valence-electron chi connectivity index (χ1n) is 14.5. The van der Waals surface area contributed by atoms with Crippen molar-refractivity contribution < 1.29 is 39.2 Å². The van der Waals surface area contributed by atoms with Gasteiger partial charge in [0.05, 0.1) is 12.2 Å². The summed E-state index contributed by atoms with van der Waals surface area (Å²) in [5, 5.41) is 46.7. The first-order chi connectivity index (χ1) is 18.9. The average molecular weight is 571 g/mol. The van der Waals surface area contributed by atoms with Gasteiger partial charge in [-0.1, -0.05) is 54.5 Å². The van der Waals surface area contributed by atoms with Gasteiger partial charge in [-0.2, -0.15) is 0 Å². The maximum atomic E-state index is 14.3. The number of hydrogen-bond acceptors (Lipinski definition) is 7. The topological polar surface area (TPSA) is 132 Å². The summed E-state index contributed by atoms with van der Waals surface area (Å²) in [6.07, 6.45) is 1.11. The van der Waals surface area contributed by atoms with Gasteiger partial charge >= 0.3 is 0 Å². The molecule has 41 heavy (non-hydrogen) atoms. The van der Waals surface area contributed by atoms with Crippen molar-refractivity contribution in [3.8, 4) is 5.75 Å². The molecule has 0 radical (unpaired) electrons. The maximum absolute atomic E-state index is 14.3. The van der Waals surface area contributed by atoms with Crippen LogP contribution < -0.4 is 0 Å². The van der Waals surface area contributed by atoms with Gasteiger partial charge in [-0.15, -0.1) is 0 Å². The van der Waals surface area contributed by atoms with Crippen LogP contribution in [0.2, 0.25) is 0 Å². The monoisotopic (exact) mass is 570 g/mol. The number of benzene rings is 1. The number of aryl methyl sites for hydroxylation is 1. The summed E-state index contributed by atoms with van der Waals surface area (Å²) >= 11 is 0. The Morgan fingerprint density at radius 3 is 2.22 bits per heavy atom. The normalized spacial score (nSPS) is 30.5. The van der Waals surface area contributed by atoms with Crippen LogP contribution >= 0.6 is 0 Å². The summed E-state index contributed by atoms with van der Waals surface area (Å²) in [4.78, 5) is 40.7. The number of carbonyl (C=O) groups excluding carboxylic acids is 3. The molecule has 1 aromatic rings. The molecule has 4 N–H and O–H groups in total. The number of fused-ring (bicyclic) bond motifs is 3. The van der Waals surface area contributed by atoms with Crippen LogP contribution in [0.4, 0.5) is 4.39 Å². The molecule has 0 aliphatic heterocycles. The Kier molecular flexibility index (Phi) is 7.60. The van der Waals surface area contributed by atoms with E-state index >= 15 is 0 Å². The number of phenolic OH excluding ortho intramolecular Hbond substituents is 1. The largest absolute Gasteiger partial charge is 0.511 e. The minimum atomic E-state index is -2.64. The number of phenols is 1. The molecule has 0 spiro atoms. The Labute approximate surface area is 241 Å². The number of aliphatic hydroxyl groups excluding tert-OH is 2. The zero-order valence-corrected chi connectivity index (χ0v) is 25.3. The first-order valence-corrected chi connectivity index (χ1v) is 14.5. The molecule has 0 aromatic heterocycles. The molecule has 1 aromatic carbocycles. The number of alkyl halides is 1. The van der Waals surface area contributed by atoms with Crippen molar-refractivity contribution in [3.05, 3.63) is 51.0 Å². The van der Waals surface area contributed by atoms with Crippen molar-refractivity contribution in [1.82, 2.24) is 0 Å². The van der Waals surface area contributed by atoms with Gasteiger partial charge in [0, 0.05) is 22.3 Å². The highest BCUT2D eigenvalue weighted by Crippen LogP contribution is 2.65. The van der Waals surface area contributed by atoms with Crippen LogP contribution in [0.15, 0.2) is 28.7 Å². The lowest BCUT2D eigenvalue weighted by molar-refractivity contribution is -0.171. The molecule has 8 heteroatoms. The van der Waals surface area contributed by atoms with E-state index in [-0.39, 0.29) is 47.5 Å². The van der Waals surface area contributed by atoms with Gasteiger partial charge in [-0.3, -0.25) is 18.8 Å². The zero-order valence-electron chi connectivity index (χ0n) is 25.3. The lowest BCUT2D eigenvalue weighted by Gasteiger charge is -2.59. The second-order valence-corrected chi connectivity index (χ2v) is 13.7. The van der Waals surface area contributed by atoms with Gasteiger partial charge in [0.25, 0.3) is 0 Å². The minimum Gasteiger partial charge on any atom is -0.511 e. The molecule has 3 aliphatic rings. The molecule has 0 saturated carbocycles. The fraction of sp³-hybridized carbons (Fsp3) is 0.606. The Morgan fingerprint density at radius 1 is 1.10 bits per heavy atom. The summed E-state index contributed by atoms with van der Waals surface area (Å²) < 4.78 is 13.2. The maximum Gasteiger partial charge on any atom is 0.209 e. The first kappa shape index (κ1) is 30.9. The molecule has 2 unspecified atom stereocenters. The van der Waals surface area contributed by atoms with Gasteiger partial charge in [0.2, 0.25) is 5.78 Å². The van der Waals surface area contributed by atoms with Crippen LogP contribution in [0.3, 0.4) is 0 Å². The molecule has 3 aliphatic carbocycles. The van der Waals surface area contributed by atoms with Gasteiger partial charge in [-0.05, 0) is 67.1 Å². The number of halogens is 1. The fourth-order valence-corrected chi connectivity index (χ4v) is 8.07. The van der Waals surface area contributed by atoms with E-state index in [1.807, 2.05) is 19.9 Å². The Balaban J connectivity index is 2.02. The number of ketones is 3. The van der Waals surface area contributed by atoms with E-state index in [1.54, 1.807) is 34.6 Å². The van der Waals surface area contributed by atoms with Gasteiger partial charge < -0.3 is 20.4 Å². The molecule has 0 fully saturated rings. The molecule has 224 valence electrons. The third-order valence-corrected chi connectivity index (χ3v) is 9.91. The molecular formula is C33H43FO7. The van der Waals surface area contributed by atoms with Crippen molar-refractivity contribution in [3.63, 3.8) is 0 Å². The number of Topliss-reactive ketones (excluding diaryl/α,β-unsaturated/α-hetero) is 3. The smallest absolute Gasteiger partial charge is 0.209 e. The molecule has 7 nitrogen and oxygen atoms in total. The van der Waals surface area contributed by atoms with Crippen molar-refractivity contribution in [2.45, 2.75) is 92.6 Å². The summed E-state index contributed by atoms with van der Waals surface area (Å²) in [7, 11) is 0. The molecule has 4 rings (SSSR count). The van der Waals surface area contributed by atoms with Crippen LogP contribution in [-0.2, 0) is 22.4 Å². The number of carbonyl (C=O) groups is 3. The molecule has 0 heterocycles. The van der Waals surface area contributed by atoms with E-state index < -0.39 is 63.5 Å². The van der Waals surface area contributed by atoms with Crippen LogP contribution in [0, 0.1) is 28.6 Å². The second-order valence-electron chi connectivity index (χ2n) is 13.7. The third-order valence-electron chi connectivity index (χ3n) is 9.91. The summed E-state index contributed by atoms with van der Waals surface area (Å²) in [6, 6.07) is 1.88. The highest BCUT2D eigenvalue weighted by atomic mass is 19.1. The Morgan fingerprint density at radius 2 is 1.71 bits per heavy atom. The van der Waals surface area contributed by atoms with Crippen molar-refractivity contribution in [2.24, 2.45) is 28.6 Å². The number of aromatic hydroxyl groups is 1. The predicted molar refractivity (Wildman–Crippen MR) is 153 cm³/mol. The lowest BCUT2D eigenvalue weighted by Crippen LogP contribution is -2.67. The molecule has 0 bridgehead atoms. The minimum absolute atomic E-state index is 0.0156. The number of hydrogen-bond donors (Lipinski definition) is 4. The van der Waals surface area contributed by atoms with Gasteiger partial charge in [0.1, 0.15) is 22.8 Å². The van der Waals surface area contributed by atoms with Crippen LogP contribution in [0.5, 0.6) is 5.75 Å². The summed E-state index contributed by atoms with van der Waals surface area (Å²) in [5.74, 6) is -5.46.